The topological polar surface area (TPSA) is 68.0 Å². The van der Waals surface area contributed by atoms with Gasteiger partial charge in [0, 0.05) is 5.56 Å². The fourth-order valence-corrected chi connectivity index (χ4v) is 2.88. The molecule has 1 aromatic heterocycles. The Morgan fingerprint density at radius 3 is 2.72 bits per heavy atom. The van der Waals surface area contributed by atoms with Gasteiger partial charge in [0.15, 0.2) is 0 Å². The number of hydrogen-bond acceptors (Lipinski definition) is 5. The number of thioether (sulfide) groups is 1. The van der Waals surface area contributed by atoms with Crippen LogP contribution >= 0.6 is 23.4 Å². The molecule has 128 valence electrons. The van der Waals surface area contributed by atoms with E-state index in [1.165, 1.54) is 12.1 Å². The van der Waals surface area contributed by atoms with Crippen LogP contribution in [0.3, 0.4) is 0 Å². The van der Waals surface area contributed by atoms with Crippen LogP contribution in [0.25, 0.3) is 11.5 Å². The summed E-state index contributed by atoms with van der Waals surface area (Å²) in [5, 5.41) is 10.5. The quantitative estimate of drug-likeness (QED) is 0.655. The predicted octanol–water partition coefficient (Wildman–Crippen LogP) is 4.65. The van der Waals surface area contributed by atoms with E-state index in [4.69, 9.17) is 16.0 Å². The first-order valence-corrected chi connectivity index (χ1v) is 8.60. The molecule has 8 heteroatoms. The smallest absolute Gasteiger partial charge is 0.277 e. The minimum Gasteiger partial charge on any atom is -0.411 e. The van der Waals surface area contributed by atoms with Crippen molar-refractivity contribution in [2.24, 2.45) is 0 Å². The van der Waals surface area contributed by atoms with Crippen LogP contribution in [0.15, 0.2) is 58.2 Å². The van der Waals surface area contributed by atoms with E-state index in [1.807, 2.05) is 30.3 Å². The molecular formula is C17H13ClFN3O2S. The summed E-state index contributed by atoms with van der Waals surface area (Å²) < 4.78 is 18.6. The molecule has 0 fully saturated rings. The fourth-order valence-electron chi connectivity index (χ4n) is 1.98. The Morgan fingerprint density at radius 1 is 1.24 bits per heavy atom. The summed E-state index contributed by atoms with van der Waals surface area (Å²) in [4.78, 5) is 12.3. The highest BCUT2D eigenvalue weighted by Crippen LogP contribution is 2.28. The van der Waals surface area contributed by atoms with Crippen molar-refractivity contribution >= 4 is 35.0 Å². The Bertz CT molecular complexity index is 889. The molecule has 0 unspecified atom stereocenters. The molecule has 0 aliphatic heterocycles. The molecule has 0 saturated heterocycles. The van der Waals surface area contributed by atoms with Gasteiger partial charge in [0.25, 0.3) is 5.22 Å². The van der Waals surface area contributed by atoms with Gasteiger partial charge in [-0.1, -0.05) is 41.6 Å². The third-order valence-corrected chi connectivity index (χ3v) is 4.51. The molecule has 1 atom stereocenters. The van der Waals surface area contributed by atoms with Crippen LogP contribution in [0.2, 0.25) is 5.02 Å². The van der Waals surface area contributed by atoms with Crippen molar-refractivity contribution in [2.45, 2.75) is 17.4 Å². The van der Waals surface area contributed by atoms with E-state index in [0.29, 0.717) is 11.6 Å². The number of nitrogens with zero attached hydrogens (tertiary/aromatic N) is 2. The van der Waals surface area contributed by atoms with Gasteiger partial charge in [0.05, 0.1) is 16.0 Å². The normalized spacial score (nSPS) is 12.0. The molecule has 3 aromatic rings. The fraction of sp³-hybridized carbons (Fsp3) is 0.118. The van der Waals surface area contributed by atoms with E-state index < -0.39 is 11.1 Å². The highest BCUT2D eigenvalue weighted by molar-refractivity contribution is 8.00. The lowest BCUT2D eigenvalue weighted by Crippen LogP contribution is -2.22. The molecule has 0 aliphatic rings. The summed E-state index contributed by atoms with van der Waals surface area (Å²) >= 11 is 7.03. The SMILES string of the molecule is C[C@@H](Sc1nnc(-c2ccccc2)o1)C(=O)Nc1ccc(F)cc1Cl. The summed E-state index contributed by atoms with van der Waals surface area (Å²) in [5.74, 6) is -0.389. The molecule has 1 heterocycles. The second-order valence-corrected chi connectivity index (χ2v) is 6.81. The number of amides is 1. The second kappa shape index (κ2) is 7.67. The second-order valence-electron chi connectivity index (χ2n) is 5.11. The summed E-state index contributed by atoms with van der Waals surface area (Å²) in [5.41, 5.74) is 1.15. The van der Waals surface area contributed by atoms with Crippen LogP contribution in [0.4, 0.5) is 10.1 Å². The van der Waals surface area contributed by atoms with E-state index in [2.05, 4.69) is 15.5 Å². The standard InChI is InChI=1S/C17H13ClFN3O2S/c1-10(15(23)20-14-8-7-12(19)9-13(14)18)25-17-22-21-16(24-17)11-5-3-2-4-6-11/h2-10H,1H3,(H,20,23)/t10-/m1/s1. The Balaban J connectivity index is 1.65. The van der Waals surface area contributed by atoms with Crippen molar-refractivity contribution in [1.82, 2.24) is 10.2 Å². The maximum Gasteiger partial charge on any atom is 0.277 e. The maximum atomic E-state index is 13.0. The number of benzene rings is 2. The van der Waals surface area contributed by atoms with Gasteiger partial charge in [-0.2, -0.15) is 0 Å². The number of hydrogen-bond donors (Lipinski definition) is 1. The van der Waals surface area contributed by atoms with Crippen molar-refractivity contribution in [3.8, 4) is 11.5 Å². The number of rotatable bonds is 5. The lowest BCUT2D eigenvalue weighted by Gasteiger charge is -2.11. The average Bonchev–Trinajstić information content (AvgIpc) is 3.06. The minimum absolute atomic E-state index is 0.134. The zero-order valence-electron chi connectivity index (χ0n) is 13.1. The third kappa shape index (κ3) is 4.37. The monoisotopic (exact) mass is 377 g/mol. The molecule has 0 spiro atoms. The van der Waals surface area contributed by atoms with Crippen LogP contribution < -0.4 is 5.32 Å². The molecule has 0 saturated carbocycles. The van der Waals surface area contributed by atoms with Gasteiger partial charge in [-0.25, -0.2) is 4.39 Å². The van der Waals surface area contributed by atoms with Crippen molar-refractivity contribution in [3.05, 3.63) is 59.4 Å². The van der Waals surface area contributed by atoms with Gasteiger partial charge >= 0.3 is 0 Å². The predicted molar refractivity (Wildman–Crippen MR) is 95.1 cm³/mol. The minimum atomic E-state index is -0.509. The van der Waals surface area contributed by atoms with Crippen molar-refractivity contribution in [1.29, 1.82) is 0 Å². The molecule has 3 rings (SSSR count). The Morgan fingerprint density at radius 2 is 2.00 bits per heavy atom. The highest BCUT2D eigenvalue weighted by Gasteiger charge is 2.19. The van der Waals surface area contributed by atoms with E-state index in [9.17, 15) is 9.18 Å². The largest absolute Gasteiger partial charge is 0.411 e. The number of halogens is 2. The first-order chi connectivity index (χ1) is 12.0. The molecule has 5 nitrogen and oxygen atoms in total. The van der Waals surface area contributed by atoms with Crippen LogP contribution in [0, 0.1) is 5.82 Å². The van der Waals surface area contributed by atoms with Gasteiger partial charge in [-0.15, -0.1) is 10.2 Å². The molecule has 2 aromatic carbocycles. The Labute approximate surface area is 152 Å². The van der Waals surface area contributed by atoms with E-state index in [-0.39, 0.29) is 16.2 Å². The zero-order valence-corrected chi connectivity index (χ0v) is 14.6. The van der Waals surface area contributed by atoms with Gasteiger partial charge in [-0.3, -0.25) is 4.79 Å². The average molecular weight is 378 g/mol. The van der Waals surface area contributed by atoms with Crippen LogP contribution in [-0.4, -0.2) is 21.4 Å². The lowest BCUT2D eigenvalue weighted by atomic mass is 10.2. The van der Waals surface area contributed by atoms with E-state index in [0.717, 1.165) is 23.4 Å². The van der Waals surface area contributed by atoms with Gasteiger partial charge < -0.3 is 9.73 Å². The summed E-state index contributed by atoms with van der Waals surface area (Å²) in [6.45, 7) is 1.70. The molecule has 0 aliphatic carbocycles. The molecule has 25 heavy (non-hydrogen) atoms. The molecule has 1 N–H and O–H groups in total. The van der Waals surface area contributed by atoms with E-state index in [1.54, 1.807) is 6.92 Å². The van der Waals surface area contributed by atoms with Gasteiger partial charge in [0.1, 0.15) is 5.82 Å². The maximum absolute atomic E-state index is 13.0. The Hall–Kier alpha value is -2.38. The molecule has 1 amide bonds. The molecular weight excluding hydrogens is 365 g/mol. The lowest BCUT2D eigenvalue weighted by molar-refractivity contribution is -0.115. The van der Waals surface area contributed by atoms with Crippen LogP contribution in [-0.2, 0) is 4.79 Å². The summed E-state index contributed by atoms with van der Waals surface area (Å²) in [6, 6.07) is 13.1. The van der Waals surface area contributed by atoms with Crippen LogP contribution in [0.5, 0.6) is 0 Å². The summed E-state index contributed by atoms with van der Waals surface area (Å²) in [6.07, 6.45) is 0. The molecule has 0 bridgehead atoms. The number of anilines is 1. The van der Waals surface area contributed by atoms with Gasteiger partial charge in [0.2, 0.25) is 11.8 Å². The van der Waals surface area contributed by atoms with Crippen LogP contribution in [0.1, 0.15) is 6.92 Å². The summed E-state index contributed by atoms with van der Waals surface area (Å²) in [7, 11) is 0. The number of carbonyl (C=O) groups excluding carboxylic acids is 1. The van der Waals surface area contributed by atoms with E-state index >= 15 is 0 Å². The van der Waals surface area contributed by atoms with Gasteiger partial charge in [-0.05, 0) is 37.3 Å². The first kappa shape index (κ1) is 17.4. The number of aromatic nitrogens is 2. The number of carbonyl (C=O) groups is 1. The Kier molecular flexibility index (Phi) is 5.35. The van der Waals surface area contributed by atoms with Crippen molar-refractivity contribution < 1.29 is 13.6 Å². The molecule has 0 radical (unpaired) electrons. The number of nitrogens with one attached hydrogen (secondary N) is 1. The highest BCUT2D eigenvalue weighted by atomic mass is 35.5. The van der Waals surface area contributed by atoms with Crippen molar-refractivity contribution in [2.75, 3.05) is 5.32 Å². The first-order valence-electron chi connectivity index (χ1n) is 7.34. The van der Waals surface area contributed by atoms with Crippen molar-refractivity contribution in [3.63, 3.8) is 0 Å². The third-order valence-electron chi connectivity index (χ3n) is 3.26. The zero-order chi connectivity index (χ0) is 17.8.